The number of rotatable bonds is 6. The molecule has 1 aliphatic heterocycles. The molecule has 6 nitrogen and oxygen atoms in total. The largest absolute Gasteiger partial charge is 0.349 e. The average molecular weight is 409 g/mol. The molecule has 2 rings (SSSR count). The zero-order valence-electron chi connectivity index (χ0n) is 14.4. The number of halogens is 2. The van der Waals surface area contributed by atoms with Gasteiger partial charge in [0.25, 0.3) is 5.91 Å². The van der Waals surface area contributed by atoms with Crippen molar-refractivity contribution in [1.82, 2.24) is 9.62 Å². The maximum absolute atomic E-state index is 12.8. The Balaban J connectivity index is 1.97. The normalized spacial score (nSPS) is 18.1. The maximum Gasteiger partial charge on any atom is 0.275 e. The molecular weight excluding hydrogens is 385 g/mol. The first kappa shape index (κ1) is 20.5. The predicted molar refractivity (Wildman–Crippen MR) is 98.7 cm³/mol. The Bertz CT molecular complexity index is 719. The van der Waals surface area contributed by atoms with Gasteiger partial charge in [0, 0.05) is 6.04 Å². The molecule has 9 heteroatoms. The van der Waals surface area contributed by atoms with E-state index < -0.39 is 10.0 Å². The van der Waals surface area contributed by atoms with E-state index in [2.05, 4.69) is 5.32 Å². The Labute approximate surface area is 159 Å². The summed E-state index contributed by atoms with van der Waals surface area (Å²) in [4.78, 5) is 13.1. The van der Waals surface area contributed by atoms with Crippen LogP contribution in [0.4, 0.5) is 0 Å². The number of hydrogen-bond donors (Lipinski definition) is 2. The van der Waals surface area contributed by atoms with Crippen molar-refractivity contribution < 1.29 is 18.1 Å². The van der Waals surface area contributed by atoms with Gasteiger partial charge >= 0.3 is 0 Å². The molecule has 1 atom stereocenters. The van der Waals surface area contributed by atoms with Gasteiger partial charge in [0.2, 0.25) is 10.0 Å². The Morgan fingerprint density at radius 2 is 1.96 bits per heavy atom. The number of quaternary nitrogens is 1. The van der Waals surface area contributed by atoms with Gasteiger partial charge in [-0.05, 0) is 25.5 Å². The van der Waals surface area contributed by atoms with Crippen molar-refractivity contribution in [2.75, 3.05) is 32.7 Å². The lowest BCUT2D eigenvalue weighted by atomic mass is 10.2. The molecule has 0 unspecified atom stereocenters. The van der Waals surface area contributed by atoms with Crippen LogP contribution >= 0.6 is 23.2 Å². The third-order valence-corrected chi connectivity index (χ3v) is 7.27. The monoisotopic (exact) mass is 408 g/mol. The second kappa shape index (κ2) is 8.68. The number of amides is 1. The van der Waals surface area contributed by atoms with Crippen LogP contribution in [0.5, 0.6) is 0 Å². The lowest BCUT2D eigenvalue weighted by Gasteiger charge is -2.31. The molecule has 1 aliphatic rings. The summed E-state index contributed by atoms with van der Waals surface area (Å²) in [6.45, 7) is 6.18. The van der Waals surface area contributed by atoms with Crippen molar-refractivity contribution in [2.24, 2.45) is 0 Å². The highest BCUT2D eigenvalue weighted by molar-refractivity contribution is 7.89. The zero-order valence-corrected chi connectivity index (χ0v) is 16.7. The number of nitrogens with zero attached hydrogens (tertiary/aromatic N) is 1. The summed E-state index contributed by atoms with van der Waals surface area (Å²) in [5, 5.41) is 3.20. The fourth-order valence-corrected chi connectivity index (χ4v) is 4.87. The van der Waals surface area contributed by atoms with Crippen LogP contribution in [-0.2, 0) is 14.8 Å². The van der Waals surface area contributed by atoms with Gasteiger partial charge in [-0.25, -0.2) is 8.42 Å². The SMILES string of the molecule is CC[C@@H](C)NC(=O)C[NH+]1CCN(S(=O)(=O)c2cccc(Cl)c2Cl)CC1. The van der Waals surface area contributed by atoms with Crippen molar-refractivity contribution >= 4 is 39.1 Å². The summed E-state index contributed by atoms with van der Waals surface area (Å²) in [5.74, 6) is -0.00135. The fourth-order valence-electron chi connectivity index (χ4n) is 2.70. The smallest absolute Gasteiger partial charge is 0.275 e. The first-order valence-corrected chi connectivity index (χ1v) is 10.5. The predicted octanol–water partition coefficient (Wildman–Crippen LogP) is 0.797. The third kappa shape index (κ3) is 5.08. The van der Waals surface area contributed by atoms with Crippen molar-refractivity contribution in [1.29, 1.82) is 0 Å². The van der Waals surface area contributed by atoms with Crippen molar-refractivity contribution in [2.45, 2.75) is 31.2 Å². The van der Waals surface area contributed by atoms with Crippen molar-refractivity contribution in [3.63, 3.8) is 0 Å². The molecule has 1 aromatic carbocycles. The highest BCUT2D eigenvalue weighted by Crippen LogP contribution is 2.30. The minimum Gasteiger partial charge on any atom is -0.349 e. The molecule has 0 aliphatic carbocycles. The average Bonchev–Trinajstić information content (AvgIpc) is 2.57. The van der Waals surface area contributed by atoms with E-state index in [0.717, 1.165) is 11.3 Å². The number of piperazine rings is 1. The van der Waals surface area contributed by atoms with Crippen LogP contribution in [0.2, 0.25) is 10.0 Å². The van der Waals surface area contributed by atoms with Crippen molar-refractivity contribution in [3.05, 3.63) is 28.2 Å². The molecule has 1 saturated heterocycles. The summed E-state index contributed by atoms with van der Waals surface area (Å²) in [6, 6.07) is 4.74. The number of nitrogens with one attached hydrogen (secondary N) is 2. The minimum absolute atomic E-state index is 0.00135. The molecule has 0 saturated carbocycles. The van der Waals surface area contributed by atoms with Crippen LogP contribution in [-0.4, -0.2) is 57.4 Å². The molecular formula is C16H24Cl2N3O3S+. The van der Waals surface area contributed by atoms with E-state index in [1.165, 1.54) is 10.4 Å². The van der Waals surface area contributed by atoms with E-state index in [0.29, 0.717) is 32.7 Å². The van der Waals surface area contributed by atoms with E-state index >= 15 is 0 Å². The Morgan fingerprint density at radius 1 is 1.32 bits per heavy atom. The summed E-state index contributed by atoms with van der Waals surface area (Å²) < 4.78 is 26.9. The van der Waals surface area contributed by atoms with Crippen LogP contribution < -0.4 is 10.2 Å². The first-order chi connectivity index (χ1) is 11.8. The Hall–Kier alpha value is -0.860. The molecule has 1 fully saturated rings. The standard InChI is InChI=1S/C16H23Cl2N3O3S/c1-3-12(2)19-15(22)11-20-7-9-21(10-8-20)25(23,24)14-6-4-5-13(17)16(14)18/h4-6,12H,3,7-11H2,1-2H3,(H,19,22)/p+1/t12-/m1/s1. The number of carbonyl (C=O) groups is 1. The highest BCUT2D eigenvalue weighted by atomic mass is 35.5. The Kier molecular flexibility index (Phi) is 7.10. The molecule has 140 valence electrons. The van der Waals surface area contributed by atoms with E-state index in [1.807, 2.05) is 13.8 Å². The molecule has 1 heterocycles. The summed E-state index contributed by atoms with van der Waals surface area (Å²) in [5.41, 5.74) is 0. The van der Waals surface area contributed by atoms with Gasteiger partial charge in [0.15, 0.2) is 6.54 Å². The van der Waals surface area contributed by atoms with Crippen LogP contribution in [0.3, 0.4) is 0 Å². The van der Waals surface area contributed by atoms with Gasteiger partial charge < -0.3 is 10.2 Å². The lowest BCUT2D eigenvalue weighted by molar-refractivity contribution is -0.895. The molecule has 0 spiro atoms. The van der Waals surface area contributed by atoms with Crippen LogP contribution in [0.1, 0.15) is 20.3 Å². The number of hydrogen-bond acceptors (Lipinski definition) is 3. The minimum atomic E-state index is -3.69. The topological polar surface area (TPSA) is 70.9 Å². The van der Waals surface area contributed by atoms with Gasteiger partial charge in [-0.2, -0.15) is 4.31 Å². The quantitative estimate of drug-likeness (QED) is 0.730. The second-order valence-electron chi connectivity index (χ2n) is 6.26. The summed E-state index contributed by atoms with van der Waals surface area (Å²) in [7, 11) is -3.69. The van der Waals surface area contributed by atoms with Crippen molar-refractivity contribution in [3.8, 4) is 0 Å². The van der Waals surface area contributed by atoms with Crippen LogP contribution in [0.25, 0.3) is 0 Å². The lowest BCUT2D eigenvalue weighted by Crippen LogP contribution is -3.15. The van der Waals surface area contributed by atoms with Gasteiger partial charge in [0.1, 0.15) is 4.90 Å². The first-order valence-electron chi connectivity index (χ1n) is 8.32. The van der Waals surface area contributed by atoms with Crippen LogP contribution in [0, 0.1) is 0 Å². The summed E-state index contributed by atoms with van der Waals surface area (Å²) in [6.07, 6.45) is 0.882. The Morgan fingerprint density at radius 3 is 2.56 bits per heavy atom. The fraction of sp³-hybridized carbons (Fsp3) is 0.562. The molecule has 0 radical (unpaired) electrons. The van der Waals surface area contributed by atoms with Gasteiger partial charge in [-0.1, -0.05) is 36.2 Å². The molecule has 25 heavy (non-hydrogen) atoms. The number of sulfonamides is 1. The molecule has 2 N–H and O–H groups in total. The molecule has 1 amide bonds. The zero-order chi connectivity index (χ0) is 18.6. The van der Waals surface area contributed by atoms with Gasteiger partial charge in [-0.15, -0.1) is 0 Å². The maximum atomic E-state index is 12.8. The van der Waals surface area contributed by atoms with E-state index in [-0.39, 0.29) is 26.9 Å². The van der Waals surface area contributed by atoms with Gasteiger partial charge in [-0.3, -0.25) is 4.79 Å². The third-order valence-electron chi connectivity index (χ3n) is 4.39. The van der Waals surface area contributed by atoms with E-state index in [4.69, 9.17) is 23.2 Å². The number of benzene rings is 1. The highest BCUT2D eigenvalue weighted by Gasteiger charge is 2.32. The second-order valence-corrected chi connectivity index (χ2v) is 8.95. The van der Waals surface area contributed by atoms with Gasteiger partial charge in [0.05, 0.1) is 36.2 Å². The number of carbonyl (C=O) groups excluding carboxylic acids is 1. The molecule has 0 aromatic heterocycles. The molecule has 0 bridgehead atoms. The van der Waals surface area contributed by atoms with E-state index in [9.17, 15) is 13.2 Å². The van der Waals surface area contributed by atoms with Crippen LogP contribution in [0.15, 0.2) is 23.1 Å². The summed E-state index contributed by atoms with van der Waals surface area (Å²) >= 11 is 12.0. The van der Waals surface area contributed by atoms with E-state index in [1.54, 1.807) is 12.1 Å². The molecule has 1 aromatic rings.